The Balaban J connectivity index is 2.99. The van der Waals surface area contributed by atoms with E-state index in [4.69, 9.17) is 19.3 Å². The highest BCUT2D eigenvalue weighted by atomic mass is 19.1. The van der Waals surface area contributed by atoms with Gasteiger partial charge in [-0.1, -0.05) is 0 Å². The number of nitrogens with one attached hydrogen (secondary N) is 1. The van der Waals surface area contributed by atoms with Crippen molar-refractivity contribution in [3.8, 4) is 11.5 Å². The third-order valence-corrected chi connectivity index (χ3v) is 2.93. The smallest absolute Gasteiger partial charge is 0.326 e. The SMILES string of the molecule is COCCC(NC(=O)c1cc(OC)c(OC)cc1F)C(=O)O. The molecule has 0 bridgehead atoms. The number of hydrogen-bond donors (Lipinski definition) is 2. The molecular weight excluding hydrogens is 297 g/mol. The molecule has 0 spiro atoms. The monoisotopic (exact) mass is 315 g/mol. The van der Waals surface area contributed by atoms with Crippen LogP contribution in [0.5, 0.6) is 11.5 Å². The maximum atomic E-state index is 13.9. The Morgan fingerprint density at radius 1 is 1.23 bits per heavy atom. The van der Waals surface area contributed by atoms with Crippen LogP contribution in [0.3, 0.4) is 0 Å². The fraction of sp³-hybridized carbons (Fsp3) is 0.429. The first kappa shape index (κ1) is 17.7. The van der Waals surface area contributed by atoms with E-state index < -0.39 is 23.7 Å². The molecule has 7 nitrogen and oxygen atoms in total. The molecule has 0 fully saturated rings. The van der Waals surface area contributed by atoms with Gasteiger partial charge in [0.2, 0.25) is 0 Å². The van der Waals surface area contributed by atoms with E-state index >= 15 is 0 Å². The minimum Gasteiger partial charge on any atom is -0.493 e. The molecular formula is C14H18FNO6. The predicted octanol–water partition coefficient (Wildman–Crippen LogP) is 1.06. The highest BCUT2D eigenvalue weighted by molar-refractivity contribution is 5.97. The van der Waals surface area contributed by atoms with Crippen LogP contribution in [-0.4, -0.2) is 51.0 Å². The second-order valence-electron chi connectivity index (χ2n) is 4.33. The summed E-state index contributed by atoms with van der Waals surface area (Å²) in [6.45, 7) is 0.145. The zero-order valence-corrected chi connectivity index (χ0v) is 12.5. The standard InChI is InChI=1S/C14H18FNO6/c1-20-5-4-10(14(18)19)16-13(17)8-6-11(21-2)12(22-3)7-9(8)15/h6-7,10H,4-5H2,1-3H3,(H,16,17)(H,18,19). The minimum absolute atomic E-state index is 0.0620. The molecule has 1 atom stereocenters. The first-order valence-corrected chi connectivity index (χ1v) is 6.38. The number of carbonyl (C=O) groups is 2. The van der Waals surface area contributed by atoms with E-state index in [1.807, 2.05) is 0 Å². The van der Waals surface area contributed by atoms with Gasteiger partial charge in [-0.05, 0) is 6.07 Å². The number of carbonyl (C=O) groups excluding carboxylic acids is 1. The van der Waals surface area contributed by atoms with Gasteiger partial charge < -0.3 is 24.6 Å². The van der Waals surface area contributed by atoms with Crippen molar-refractivity contribution in [2.75, 3.05) is 27.9 Å². The number of carboxylic acid groups (broad SMARTS) is 1. The largest absolute Gasteiger partial charge is 0.493 e. The summed E-state index contributed by atoms with van der Waals surface area (Å²) in [7, 11) is 4.09. The van der Waals surface area contributed by atoms with Crippen molar-refractivity contribution in [3.63, 3.8) is 0 Å². The van der Waals surface area contributed by atoms with Crippen molar-refractivity contribution in [1.29, 1.82) is 0 Å². The molecule has 8 heteroatoms. The number of benzene rings is 1. The number of rotatable bonds is 8. The van der Waals surface area contributed by atoms with Gasteiger partial charge in [0.25, 0.3) is 5.91 Å². The Morgan fingerprint density at radius 3 is 2.32 bits per heavy atom. The molecule has 0 heterocycles. The van der Waals surface area contributed by atoms with Crippen LogP contribution in [0.25, 0.3) is 0 Å². The van der Waals surface area contributed by atoms with Gasteiger partial charge in [-0.3, -0.25) is 4.79 Å². The number of hydrogen-bond acceptors (Lipinski definition) is 5. The second-order valence-corrected chi connectivity index (χ2v) is 4.33. The summed E-state index contributed by atoms with van der Waals surface area (Å²) in [6, 6.07) is 0.970. The summed E-state index contributed by atoms with van der Waals surface area (Å²) in [5.41, 5.74) is -0.332. The van der Waals surface area contributed by atoms with Gasteiger partial charge in [0, 0.05) is 26.2 Å². The first-order chi connectivity index (χ1) is 10.4. The van der Waals surface area contributed by atoms with E-state index in [0.29, 0.717) is 0 Å². The normalized spacial score (nSPS) is 11.6. The molecule has 1 amide bonds. The minimum atomic E-state index is -1.23. The molecule has 0 radical (unpaired) electrons. The van der Waals surface area contributed by atoms with Crippen LogP contribution >= 0.6 is 0 Å². The fourth-order valence-corrected chi connectivity index (χ4v) is 1.76. The Labute approximate surface area is 127 Å². The molecule has 1 unspecified atom stereocenters. The Morgan fingerprint density at radius 2 is 1.82 bits per heavy atom. The van der Waals surface area contributed by atoms with Crippen LogP contribution < -0.4 is 14.8 Å². The third-order valence-electron chi connectivity index (χ3n) is 2.93. The Bertz CT molecular complexity index is 548. The molecule has 0 aromatic heterocycles. The van der Waals surface area contributed by atoms with Gasteiger partial charge in [0.15, 0.2) is 11.5 Å². The van der Waals surface area contributed by atoms with E-state index in [0.717, 1.165) is 12.1 Å². The number of aliphatic carboxylic acids is 1. The summed E-state index contributed by atoms with van der Waals surface area (Å²) in [4.78, 5) is 23.1. The zero-order chi connectivity index (χ0) is 16.7. The molecule has 0 aliphatic carbocycles. The van der Waals surface area contributed by atoms with Crippen LogP contribution in [0, 0.1) is 5.82 Å². The van der Waals surface area contributed by atoms with Gasteiger partial charge in [-0.2, -0.15) is 0 Å². The van der Waals surface area contributed by atoms with Crippen LogP contribution in [-0.2, 0) is 9.53 Å². The van der Waals surface area contributed by atoms with Crippen LogP contribution in [0.2, 0.25) is 0 Å². The summed E-state index contributed by atoms with van der Waals surface area (Å²) in [6.07, 6.45) is 0.0620. The quantitative estimate of drug-likeness (QED) is 0.745. The highest BCUT2D eigenvalue weighted by Crippen LogP contribution is 2.29. The maximum absolute atomic E-state index is 13.9. The molecule has 0 aliphatic heterocycles. The van der Waals surface area contributed by atoms with E-state index in [1.54, 1.807) is 0 Å². The molecule has 22 heavy (non-hydrogen) atoms. The lowest BCUT2D eigenvalue weighted by Crippen LogP contribution is -2.41. The number of ether oxygens (including phenoxy) is 3. The van der Waals surface area contributed by atoms with Crippen molar-refractivity contribution in [2.45, 2.75) is 12.5 Å². The number of amides is 1. The highest BCUT2D eigenvalue weighted by Gasteiger charge is 2.23. The molecule has 1 aromatic carbocycles. The van der Waals surface area contributed by atoms with Crippen molar-refractivity contribution in [2.24, 2.45) is 0 Å². The van der Waals surface area contributed by atoms with E-state index in [1.165, 1.54) is 21.3 Å². The maximum Gasteiger partial charge on any atom is 0.326 e. The van der Waals surface area contributed by atoms with Gasteiger partial charge in [0.1, 0.15) is 11.9 Å². The summed E-state index contributed by atoms with van der Waals surface area (Å²) in [5.74, 6) is -2.64. The van der Waals surface area contributed by atoms with Gasteiger partial charge in [-0.15, -0.1) is 0 Å². The lowest BCUT2D eigenvalue weighted by atomic mass is 10.1. The van der Waals surface area contributed by atoms with Crippen molar-refractivity contribution in [3.05, 3.63) is 23.5 Å². The Hall–Kier alpha value is -2.35. The summed E-state index contributed by atoms with van der Waals surface area (Å²) >= 11 is 0. The van der Waals surface area contributed by atoms with Crippen LogP contribution in [0.15, 0.2) is 12.1 Å². The van der Waals surface area contributed by atoms with E-state index in [9.17, 15) is 14.0 Å². The lowest BCUT2D eigenvalue weighted by molar-refractivity contribution is -0.139. The number of halogens is 1. The molecule has 2 N–H and O–H groups in total. The fourth-order valence-electron chi connectivity index (χ4n) is 1.76. The molecule has 0 saturated heterocycles. The number of methoxy groups -OCH3 is 3. The topological polar surface area (TPSA) is 94.1 Å². The van der Waals surface area contributed by atoms with Gasteiger partial charge in [-0.25, -0.2) is 9.18 Å². The van der Waals surface area contributed by atoms with Crippen molar-refractivity contribution < 1.29 is 33.3 Å². The predicted molar refractivity (Wildman–Crippen MR) is 74.9 cm³/mol. The Kier molecular flexibility index (Phi) is 6.58. The van der Waals surface area contributed by atoms with Crippen molar-refractivity contribution >= 4 is 11.9 Å². The first-order valence-electron chi connectivity index (χ1n) is 6.38. The van der Waals surface area contributed by atoms with E-state index in [2.05, 4.69) is 5.32 Å². The average Bonchev–Trinajstić information content (AvgIpc) is 2.50. The zero-order valence-electron chi connectivity index (χ0n) is 12.5. The van der Waals surface area contributed by atoms with Crippen molar-refractivity contribution in [1.82, 2.24) is 5.32 Å². The second kappa shape index (κ2) is 8.18. The molecule has 122 valence electrons. The van der Waals surface area contributed by atoms with Gasteiger partial charge in [0.05, 0.1) is 19.8 Å². The van der Waals surface area contributed by atoms with Gasteiger partial charge >= 0.3 is 5.97 Å². The van der Waals surface area contributed by atoms with Crippen LogP contribution in [0.4, 0.5) is 4.39 Å². The third kappa shape index (κ3) is 4.32. The molecule has 1 rings (SSSR count). The molecule has 1 aromatic rings. The summed E-state index contributed by atoms with van der Waals surface area (Å²) < 4.78 is 28.6. The molecule has 0 saturated carbocycles. The lowest BCUT2D eigenvalue weighted by Gasteiger charge is -2.15. The van der Waals surface area contributed by atoms with Crippen LogP contribution in [0.1, 0.15) is 16.8 Å². The average molecular weight is 315 g/mol. The van der Waals surface area contributed by atoms with E-state index in [-0.39, 0.29) is 30.1 Å². The summed E-state index contributed by atoms with van der Waals surface area (Å²) in [5, 5.41) is 11.3. The molecule has 0 aliphatic rings. The number of carboxylic acids is 1.